The van der Waals surface area contributed by atoms with Gasteiger partial charge in [-0.15, -0.1) is 0 Å². The summed E-state index contributed by atoms with van der Waals surface area (Å²) in [4.78, 5) is 33.2. The molecule has 0 aliphatic carbocycles. The summed E-state index contributed by atoms with van der Waals surface area (Å²) in [5.41, 5.74) is 3.13. The number of carbonyl (C=O) groups excluding carboxylic acids is 1. The SMILES string of the molecule is CCNC(=O)c1cc2c(-c3cc(C(O)(CC)CC)cnc3Oc3c(C)cccc3C)cn(C)c(=O)c2[nH]1. The van der Waals surface area contributed by atoms with Gasteiger partial charge in [-0.25, -0.2) is 4.98 Å². The molecule has 0 atom stereocenters. The van der Waals surface area contributed by atoms with E-state index < -0.39 is 5.60 Å². The van der Waals surface area contributed by atoms with Gasteiger partial charge in [-0.05, 0) is 56.9 Å². The molecule has 0 aliphatic heterocycles. The van der Waals surface area contributed by atoms with Crippen LogP contribution in [0.15, 0.2) is 47.5 Å². The van der Waals surface area contributed by atoms with Crippen molar-refractivity contribution in [1.82, 2.24) is 19.9 Å². The molecule has 4 rings (SSSR count). The molecule has 1 aromatic carbocycles. The Bertz CT molecular complexity index is 1510. The number of aliphatic hydroxyl groups is 1. The predicted molar refractivity (Wildman–Crippen MR) is 145 cm³/mol. The highest BCUT2D eigenvalue weighted by atomic mass is 16.5. The highest BCUT2D eigenvalue weighted by Gasteiger charge is 2.28. The van der Waals surface area contributed by atoms with E-state index in [9.17, 15) is 14.7 Å². The van der Waals surface area contributed by atoms with Gasteiger partial charge < -0.3 is 24.7 Å². The Kier molecular flexibility index (Phi) is 7.23. The summed E-state index contributed by atoms with van der Waals surface area (Å²) in [7, 11) is 1.66. The number of carbonyl (C=O) groups is 1. The maximum Gasteiger partial charge on any atom is 0.274 e. The Labute approximate surface area is 216 Å². The van der Waals surface area contributed by atoms with Gasteiger partial charge in [0, 0.05) is 48.1 Å². The Morgan fingerprint density at radius 3 is 2.43 bits per heavy atom. The first-order chi connectivity index (χ1) is 17.6. The number of para-hydroxylation sites is 1. The van der Waals surface area contributed by atoms with Gasteiger partial charge in [0.1, 0.15) is 17.0 Å². The van der Waals surface area contributed by atoms with Crippen LogP contribution in [0.3, 0.4) is 0 Å². The van der Waals surface area contributed by atoms with Crippen LogP contribution in [-0.4, -0.2) is 32.1 Å². The molecular formula is C29H34N4O4. The fourth-order valence-corrected chi connectivity index (χ4v) is 4.62. The summed E-state index contributed by atoms with van der Waals surface area (Å²) < 4.78 is 7.87. The second-order valence-electron chi connectivity index (χ2n) is 9.43. The molecule has 0 fully saturated rings. The van der Waals surface area contributed by atoms with E-state index >= 15 is 0 Å². The van der Waals surface area contributed by atoms with Crippen molar-refractivity contribution in [2.24, 2.45) is 7.05 Å². The third-order valence-corrected chi connectivity index (χ3v) is 7.00. The molecule has 0 spiro atoms. The Hall–Kier alpha value is -3.91. The number of benzene rings is 1. The first kappa shape index (κ1) is 26.2. The smallest absolute Gasteiger partial charge is 0.274 e. The van der Waals surface area contributed by atoms with Crippen molar-refractivity contribution in [3.63, 3.8) is 0 Å². The summed E-state index contributed by atoms with van der Waals surface area (Å²) in [6, 6.07) is 9.47. The number of nitrogens with one attached hydrogen (secondary N) is 2. The molecule has 1 amide bonds. The van der Waals surface area contributed by atoms with E-state index in [0.29, 0.717) is 64.3 Å². The van der Waals surface area contributed by atoms with Crippen molar-refractivity contribution in [1.29, 1.82) is 0 Å². The number of ether oxygens (including phenoxy) is 1. The summed E-state index contributed by atoms with van der Waals surface area (Å²) >= 11 is 0. The minimum atomic E-state index is -1.07. The minimum absolute atomic E-state index is 0.255. The minimum Gasteiger partial charge on any atom is -0.438 e. The van der Waals surface area contributed by atoms with Gasteiger partial charge in [0.25, 0.3) is 11.5 Å². The lowest BCUT2D eigenvalue weighted by atomic mass is 9.88. The van der Waals surface area contributed by atoms with Crippen molar-refractivity contribution < 1.29 is 14.6 Å². The fraction of sp³-hybridized carbons (Fsp3) is 0.345. The highest BCUT2D eigenvalue weighted by Crippen LogP contribution is 2.40. The van der Waals surface area contributed by atoms with Gasteiger partial charge in [-0.1, -0.05) is 32.0 Å². The molecular weight excluding hydrogens is 468 g/mol. The number of aromatic nitrogens is 3. The van der Waals surface area contributed by atoms with Crippen molar-refractivity contribution in [2.75, 3.05) is 6.54 Å². The molecule has 4 aromatic rings. The van der Waals surface area contributed by atoms with Gasteiger partial charge in [0.2, 0.25) is 5.88 Å². The van der Waals surface area contributed by atoms with Crippen molar-refractivity contribution in [2.45, 2.75) is 53.1 Å². The molecule has 194 valence electrons. The van der Waals surface area contributed by atoms with Crippen LogP contribution in [-0.2, 0) is 12.6 Å². The van der Waals surface area contributed by atoms with Crippen LogP contribution in [0.4, 0.5) is 0 Å². The summed E-state index contributed by atoms with van der Waals surface area (Å²) in [6.07, 6.45) is 4.39. The zero-order chi connectivity index (χ0) is 26.9. The van der Waals surface area contributed by atoms with Gasteiger partial charge in [-0.3, -0.25) is 9.59 Å². The maximum absolute atomic E-state index is 13.0. The topological polar surface area (TPSA) is 109 Å². The Morgan fingerprint density at radius 1 is 1.14 bits per heavy atom. The molecule has 0 aliphatic rings. The van der Waals surface area contributed by atoms with Crippen LogP contribution in [0.5, 0.6) is 11.6 Å². The second kappa shape index (κ2) is 10.2. The zero-order valence-corrected chi connectivity index (χ0v) is 22.2. The number of aromatic amines is 1. The average molecular weight is 503 g/mol. The molecule has 3 aromatic heterocycles. The van der Waals surface area contributed by atoms with E-state index in [1.54, 1.807) is 25.5 Å². The largest absolute Gasteiger partial charge is 0.438 e. The summed E-state index contributed by atoms with van der Waals surface area (Å²) in [6.45, 7) is 10.1. The molecule has 37 heavy (non-hydrogen) atoms. The number of pyridine rings is 2. The normalized spacial score (nSPS) is 11.6. The van der Waals surface area contributed by atoms with Gasteiger partial charge >= 0.3 is 0 Å². The fourth-order valence-electron chi connectivity index (χ4n) is 4.62. The molecule has 3 heterocycles. The molecule has 0 saturated heterocycles. The summed E-state index contributed by atoms with van der Waals surface area (Å²) in [5, 5.41) is 14.6. The van der Waals surface area contributed by atoms with Gasteiger partial charge in [-0.2, -0.15) is 0 Å². The number of H-pyrrole nitrogens is 1. The Balaban J connectivity index is 2.02. The first-order valence-corrected chi connectivity index (χ1v) is 12.6. The third-order valence-electron chi connectivity index (χ3n) is 7.00. The van der Waals surface area contributed by atoms with E-state index in [-0.39, 0.29) is 11.5 Å². The number of amides is 1. The lowest BCUT2D eigenvalue weighted by Crippen LogP contribution is -2.24. The number of aryl methyl sites for hydroxylation is 3. The zero-order valence-electron chi connectivity index (χ0n) is 22.2. The predicted octanol–water partition coefficient (Wildman–Crippen LogP) is 5.10. The quantitative estimate of drug-likeness (QED) is 0.311. The monoisotopic (exact) mass is 502 g/mol. The van der Waals surface area contributed by atoms with Crippen LogP contribution >= 0.6 is 0 Å². The van der Waals surface area contributed by atoms with E-state index in [2.05, 4.69) is 15.3 Å². The lowest BCUT2D eigenvalue weighted by molar-refractivity contribution is 0.0280. The van der Waals surface area contributed by atoms with E-state index in [1.165, 1.54) is 4.57 Å². The highest BCUT2D eigenvalue weighted by molar-refractivity contribution is 6.03. The molecule has 0 bridgehead atoms. The van der Waals surface area contributed by atoms with Crippen molar-refractivity contribution in [3.8, 4) is 22.8 Å². The number of hydrogen-bond acceptors (Lipinski definition) is 5. The van der Waals surface area contributed by atoms with E-state index in [1.807, 2.05) is 58.9 Å². The number of nitrogens with zero attached hydrogens (tertiary/aromatic N) is 2. The summed E-state index contributed by atoms with van der Waals surface area (Å²) in [5.74, 6) is 0.747. The number of rotatable bonds is 8. The van der Waals surface area contributed by atoms with Crippen LogP contribution < -0.4 is 15.6 Å². The molecule has 8 heteroatoms. The standard InChI is InChI=1S/C29H34N4O4/c1-7-29(36,8-2)19-13-21(27(31-15-19)37-25-17(4)11-10-12-18(25)5)22-16-33(6)28(35)24-20(22)14-23(32-24)26(34)30-9-3/h10-16,32,36H,7-9H2,1-6H3,(H,30,34). The van der Waals surface area contributed by atoms with Crippen LogP contribution in [0.25, 0.3) is 22.0 Å². The average Bonchev–Trinajstić information content (AvgIpc) is 3.34. The molecule has 0 radical (unpaired) electrons. The number of hydrogen-bond donors (Lipinski definition) is 3. The van der Waals surface area contributed by atoms with Crippen LogP contribution in [0, 0.1) is 13.8 Å². The van der Waals surface area contributed by atoms with Crippen molar-refractivity contribution in [3.05, 3.63) is 75.5 Å². The molecule has 8 nitrogen and oxygen atoms in total. The Morgan fingerprint density at radius 2 is 1.81 bits per heavy atom. The maximum atomic E-state index is 13.0. The van der Waals surface area contributed by atoms with Gasteiger partial charge in [0.05, 0.1) is 5.60 Å². The molecule has 0 saturated carbocycles. The second-order valence-corrected chi connectivity index (χ2v) is 9.43. The number of fused-ring (bicyclic) bond motifs is 1. The molecule has 0 unspecified atom stereocenters. The first-order valence-electron chi connectivity index (χ1n) is 12.6. The van der Waals surface area contributed by atoms with Crippen LogP contribution in [0.1, 0.15) is 60.8 Å². The van der Waals surface area contributed by atoms with E-state index in [4.69, 9.17) is 4.74 Å². The van der Waals surface area contributed by atoms with E-state index in [0.717, 1.165) is 11.1 Å². The third kappa shape index (κ3) is 4.76. The van der Waals surface area contributed by atoms with Crippen molar-refractivity contribution >= 4 is 16.8 Å². The van der Waals surface area contributed by atoms with Gasteiger partial charge in [0.15, 0.2) is 0 Å². The van der Waals surface area contributed by atoms with Crippen LogP contribution in [0.2, 0.25) is 0 Å². The molecule has 3 N–H and O–H groups in total. The lowest BCUT2D eigenvalue weighted by Gasteiger charge is -2.26.